The number of fused-ring (bicyclic) bond motifs is 2. The molecular weight excluding hydrogens is 487 g/mol. The van der Waals surface area contributed by atoms with Crippen LogP contribution in [0.25, 0.3) is 0 Å². The van der Waals surface area contributed by atoms with E-state index in [4.69, 9.17) is 4.12 Å². The van der Waals surface area contributed by atoms with Gasteiger partial charge in [0.1, 0.15) is 10.5 Å². The van der Waals surface area contributed by atoms with Crippen molar-refractivity contribution in [1.82, 2.24) is 0 Å². The van der Waals surface area contributed by atoms with Gasteiger partial charge in [0.25, 0.3) is 0 Å². The first-order chi connectivity index (χ1) is 13.2. The van der Waals surface area contributed by atoms with Crippen LogP contribution in [0.5, 0.6) is 0 Å². The monoisotopic (exact) mass is 504 g/mol. The molecule has 1 nitrogen and oxygen atoms in total. The van der Waals surface area contributed by atoms with Crippen LogP contribution >= 0.6 is 0 Å². The summed E-state index contributed by atoms with van der Waals surface area (Å²) in [7, 11) is -3.78. The molecule has 2 saturated carbocycles. The van der Waals surface area contributed by atoms with Gasteiger partial charge in [-0.2, -0.15) is 57.1 Å². The third-order valence-electron chi connectivity index (χ3n) is 6.49. The summed E-state index contributed by atoms with van der Waals surface area (Å²) < 4.78 is 182. The third kappa shape index (κ3) is 2.90. The van der Waals surface area contributed by atoms with Gasteiger partial charge < -0.3 is 4.12 Å². The van der Waals surface area contributed by atoms with Crippen molar-refractivity contribution in [2.45, 2.75) is 73.1 Å². The first-order valence-electron chi connectivity index (χ1n) is 8.65. The third-order valence-corrected chi connectivity index (χ3v) is 11.8. The lowest BCUT2D eigenvalue weighted by atomic mass is 9.77. The van der Waals surface area contributed by atoms with E-state index < -0.39 is 68.1 Å². The van der Waals surface area contributed by atoms with Crippen LogP contribution < -0.4 is 0 Å². The van der Waals surface area contributed by atoms with Gasteiger partial charge in [-0.05, 0) is 37.6 Å². The molecule has 0 amide bonds. The number of halogens is 13. The summed E-state index contributed by atoms with van der Waals surface area (Å²) in [5.74, 6) is -38.5. The van der Waals surface area contributed by atoms with Crippen LogP contribution in [0.15, 0.2) is 0 Å². The van der Waals surface area contributed by atoms with Gasteiger partial charge in [0.05, 0.1) is 5.04 Å². The van der Waals surface area contributed by atoms with E-state index in [9.17, 15) is 48.3 Å². The Balaban J connectivity index is 2.64. The highest BCUT2D eigenvalue weighted by molar-refractivity contribution is 6.58. The van der Waals surface area contributed by atoms with Crippen LogP contribution in [0.1, 0.15) is 25.7 Å². The number of hydrogen-bond donors (Lipinski definition) is 0. The molecule has 2 bridgehead atoms. The second kappa shape index (κ2) is 6.99. The Morgan fingerprint density at radius 2 is 1.23 bits per heavy atom. The topological polar surface area (TPSA) is 9.23 Å². The Bertz CT molecular complexity index is 665. The second-order valence-electron chi connectivity index (χ2n) is 7.87. The predicted octanol–water partition coefficient (Wildman–Crippen LogP) is 4.94. The molecule has 0 aromatic rings. The molecule has 2 fully saturated rings. The number of alkyl halides is 13. The molecule has 16 heteroatoms. The fourth-order valence-electron chi connectivity index (χ4n) is 4.78. The van der Waals surface area contributed by atoms with Crippen molar-refractivity contribution in [3.8, 4) is 0 Å². The van der Waals surface area contributed by atoms with Crippen LogP contribution in [0, 0.1) is 11.8 Å². The lowest BCUT2D eigenvalue weighted by Crippen LogP contribution is -2.73. The smallest absolute Gasteiger partial charge is 0.460 e. The Labute approximate surface area is 166 Å². The fraction of sp³-hybridized carbons (Fsp3) is 1.00. The maximum absolute atomic E-state index is 15.0. The molecule has 178 valence electrons. The van der Waals surface area contributed by atoms with Crippen LogP contribution in [-0.4, -0.2) is 55.3 Å². The average molecular weight is 504 g/mol. The minimum absolute atomic E-state index is 0.103. The highest BCUT2D eigenvalue weighted by atomic mass is 28.3. The number of rotatable bonds is 7. The predicted molar refractivity (Wildman–Crippen MR) is 83.0 cm³/mol. The van der Waals surface area contributed by atoms with Crippen LogP contribution in [-0.2, 0) is 4.12 Å². The molecule has 4 atom stereocenters. The van der Waals surface area contributed by atoms with Crippen molar-refractivity contribution < 1.29 is 61.2 Å². The van der Waals surface area contributed by atoms with Crippen molar-refractivity contribution in [3.05, 3.63) is 0 Å². The van der Waals surface area contributed by atoms with E-state index in [1.54, 1.807) is 0 Å². The van der Waals surface area contributed by atoms with Gasteiger partial charge in [-0.3, -0.25) is 0 Å². The van der Waals surface area contributed by atoms with Gasteiger partial charge in [-0.15, -0.1) is 0 Å². The molecule has 0 heterocycles. The van der Waals surface area contributed by atoms with Gasteiger partial charge in [-0.1, -0.05) is 6.42 Å². The number of hydrogen-bond acceptors (Lipinski definition) is 1. The normalized spacial score (nSPS) is 30.2. The van der Waals surface area contributed by atoms with E-state index in [0.717, 1.165) is 6.55 Å². The van der Waals surface area contributed by atoms with E-state index in [2.05, 4.69) is 0 Å². The lowest BCUT2D eigenvalue weighted by molar-refractivity contribution is -0.443. The molecule has 0 saturated heterocycles. The molecule has 0 N–H and O–H groups in total. The molecule has 2 aliphatic carbocycles. The highest BCUT2D eigenvalue weighted by Crippen LogP contribution is 2.73. The summed E-state index contributed by atoms with van der Waals surface area (Å²) in [5, 5.41) is -2.99. The average Bonchev–Trinajstić information content (AvgIpc) is 3.21. The van der Waals surface area contributed by atoms with Crippen LogP contribution in [0.4, 0.5) is 57.1 Å². The van der Waals surface area contributed by atoms with Crippen LogP contribution in [0.3, 0.4) is 0 Å². The maximum Gasteiger partial charge on any atom is 0.460 e. The Hall–Kier alpha value is -0.516. The van der Waals surface area contributed by atoms with E-state index in [-0.39, 0.29) is 29.7 Å². The summed E-state index contributed by atoms with van der Waals surface area (Å²) in [6, 6.07) is 0. The quantitative estimate of drug-likeness (QED) is 0.353. The molecule has 0 spiro atoms. The van der Waals surface area contributed by atoms with Crippen LogP contribution in [0.2, 0.25) is 11.6 Å². The zero-order valence-corrected chi connectivity index (χ0v) is 18.5. The zero-order chi connectivity index (χ0) is 23.8. The van der Waals surface area contributed by atoms with E-state index in [1.165, 1.54) is 0 Å². The largest absolute Gasteiger partial charge is 0.465 e. The summed E-state index contributed by atoms with van der Waals surface area (Å²) in [4.78, 5) is 0. The molecule has 2 aliphatic rings. The minimum Gasteiger partial charge on any atom is -0.465 e. The molecular formula is C14H17F13OSi2. The van der Waals surface area contributed by atoms with Gasteiger partial charge in [0.15, 0.2) is 9.04 Å². The fourth-order valence-corrected chi connectivity index (χ4v) is 8.79. The van der Waals surface area contributed by atoms with E-state index >= 15 is 8.78 Å². The Morgan fingerprint density at radius 3 is 1.57 bits per heavy atom. The molecule has 0 aromatic heterocycles. The highest BCUT2D eigenvalue weighted by Gasteiger charge is 2.93. The molecule has 0 radical (unpaired) electrons. The van der Waals surface area contributed by atoms with Crippen molar-refractivity contribution in [2.75, 3.05) is 0 Å². The maximum atomic E-state index is 15.0. The van der Waals surface area contributed by atoms with E-state index in [1.807, 2.05) is 0 Å². The lowest BCUT2D eigenvalue weighted by Gasteiger charge is -2.51. The SMILES string of the molecule is C[SiH](O[SiH3])C1(C(F)(F)C(F)(F)C(F)(F)C(F)(F)C(F)(F)C(F)(F)F)CC2CCC1C2. The summed E-state index contributed by atoms with van der Waals surface area (Å²) in [6.45, 7) is 0.971. The van der Waals surface area contributed by atoms with E-state index in [0.29, 0.717) is 0 Å². The zero-order valence-electron chi connectivity index (χ0n) is 15.4. The van der Waals surface area contributed by atoms with Crippen molar-refractivity contribution in [1.29, 1.82) is 0 Å². The van der Waals surface area contributed by atoms with Gasteiger partial charge in [0, 0.05) is 0 Å². The molecule has 0 aromatic carbocycles. The first kappa shape index (κ1) is 25.7. The molecule has 30 heavy (non-hydrogen) atoms. The molecule has 0 aliphatic heterocycles. The van der Waals surface area contributed by atoms with Crippen molar-refractivity contribution >= 4 is 19.5 Å². The van der Waals surface area contributed by atoms with Gasteiger partial charge in [-0.25, -0.2) is 0 Å². The van der Waals surface area contributed by atoms with Gasteiger partial charge in [0.2, 0.25) is 0 Å². The molecule has 4 unspecified atom stereocenters. The summed E-state index contributed by atoms with van der Waals surface area (Å²) in [6.07, 6.45) is -8.12. The molecule has 2 rings (SSSR count). The summed E-state index contributed by atoms with van der Waals surface area (Å²) in [5.41, 5.74) is 0. The first-order valence-corrected chi connectivity index (χ1v) is 11.7. The second-order valence-corrected chi connectivity index (χ2v) is 12.1. The summed E-state index contributed by atoms with van der Waals surface area (Å²) >= 11 is 0. The van der Waals surface area contributed by atoms with Gasteiger partial charge >= 0.3 is 35.8 Å². The van der Waals surface area contributed by atoms with Crippen molar-refractivity contribution in [2.24, 2.45) is 11.8 Å². The standard InChI is InChI=1S/C14H17F13OSi2/c1-30(28-29)8(5-6-2-3-7(8)4-6)9(15,16)10(17,18)11(19,20)12(21,22)13(23,24)14(25,26)27/h6-7,30H,2-5H2,1,29H3. The minimum atomic E-state index is -7.85. The Morgan fingerprint density at radius 1 is 0.767 bits per heavy atom. The van der Waals surface area contributed by atoms with Crippen molar-refractivity contribution in [3.63, 3.8) is 0 Å². The Kier molecular flexibility index (Phi) is 6.00.